The smallest absolute Gasteiger partial charge is 0.0694 e. The van der Waals surface area contributed by atoms with Gasteiger partial charge in [-0.05, 0) is 175 Å². The first-order valence-corrected chi connectivity index (χ1v) is 25.9. The summed E-state index contributed by atoms with van der Waals surface area (Å²) in [6.45, 7) is 8.00. The van der Waals surface area contributed by atoms with E-state index in [0.717, 1.165) is 37.1 Å². The number of benzene rings is 9. The lowest BCUT2D eigenvalue weighted by Gasteiger charge is -2.34. The van der Waals surface area contributed by atoms with E-state index in [2.05, 4.69) is 217 Å². The Bertz CT molecular complexity index is 3730. The van der Waals surface area contributed by atoms with E-state index < -0.39 is 0 Å². The van der Waals surface area contributed by atoms with Crippen LogP contribution in [0.25, 0.3) is 76.0 Å². The van der Waals surface area contributed by atoms with Gasteiger partial charge in [-0.3, -0.25) is 0 Å². The Morgan fingerprint density at radius 3 is 2.00 bits per heavy atom. The van der Waals surface area contributed by atoms with Crippen LogP contribution in [-0.4, -0.2) is 0 Å². The van der Waals surface area contributed by atoms with Crippen molar-refractivity contribution in [3.05, 3.63) is 245 Å². The third-order valence-electron chi connectivity index (χ3n) is 14.8. The van der Waals surface area contributed by atoms with Crippen LogP contribution < -0.4 is 4.90 Å². The Hall–Kier alpha value is -7.52. The van der Waals surface area contributed by atoms with Gasteiger partial charge >= 0.3 is 0 Å². The van der Waals surface area contributed by atoms with E-state index in [0.29, 0.717) is 0 Å². The molecule has 1 spiro atoms. The number of fused-ring (bicyclic) bond motifs is 15. The van der Waals surface area contributed by atoms with Gasteiger partial charge in [0.15, 0.2) is 0 Å². The highest BCUT2D eigenvalue weighted by molar-refractivity contribution is 7.25. The summed E-state index contributed by atoms with van der Waals surface area (Å²) < 4.78 is 2.61. The van der Waals surface area contributed by atoms with Gasteiger partial charge in [-0.15, -0.1) is 11.3 Å². The Balaban J connectivity index is 0.00000120. The number of allylic oxidation sites excluding steroid dienone is 5. The number of rotatable bonds is 5. The minimum atomic E-state index is -0.314. The highest BCUT2D eigenvalue weighted by Crippen LogP contribution is 2.65. The summed E-state index contributed by atoms with van der Waals surface area (Å²) in [5.74, 6) is 0. The van der Waals surface area contributed by atoms with Crippen LogP contribution in [0.5, 0.6) is 0 Å². The first kappa shape index (κ1) is 42.8. The van der Waals surface area contributed by atoms with Gasteiger partial charge in [0, 0.05) is 37.2 Å². The van der Waals surface area contributed by atoms with Crippen LogP contribution in [0.3, 0.4) is 0 Å². The largest absolute Gasteiger partial charge is 0.310 e. The van der Waals surface area contributed by atoms with Gasteiger partial charge in [-0.25, -0.2) is 0 Å². The topological polar surface area (TPSA) is 3.24 Å². The van der Waals surface area contributed by atoms with Crippen LogP contribution >= 0.6 is 11.3 Å². The zero-order valence-corrected chi connectivity index (χ0v) is 40.7. The van der Waals surface area contributed by atoms with Crippen LogP contribution in [0.2, 0.25) is 0 Å². The fraction of sp³-hybridized carbons (Fsp3) is 0.134. The molecule has 0 bridgehead atoms. The molecule has 0 N–H and O–H groups in total. The summed E-state index contributed by atoms with van der Waals surface area (Å²) in [5.41, 5.74) is 22.2. The summed E-state index contributed by atoms with van der Waals surface area (Å²) >= 11 is 1.89. The third kappa shape index (κ3) is 6.72. The number of hydrogen-bond donors (Lipinski definition) is 0. The average molecular weight is 906 g/mol. The highest BCUT2D eigenvalue weighted by atomic mass is 32.1. The lowest BCUT2D eigenvalue weighted by atomic mass is 9.67. The normalized spacial score (nSPS) is 15.8. The minimum absolute atomic E-state index is 0.314. The lowest BCUT2D eigenvalue weighted by Crippen LogP contribution is -2.28. The van der Waals surface area contributed by atoms with E-state index in [1.165, 1.54) is 109 Å². The van der Waals surface area contributed by atoms with E-state index in [9.17, 15) is 0 Å². The molecule has 4 aliphatic carbocycles. The molecular formula is C67H55NS. The summed E-state index contributed by atoms with van der Waals surface area (Å²) in [6.07, 6.45) is 13.6. The highest BCUT2D eigenvalue weighted by Gasteiger charge is 2.53. The molecule has 0 radical (unpaired) electrons. The molecular weight excluding hydrogens is 851 g/mol. The van der Waals surface area contributed by atoms with Crippen molar-refractivity contribution in [3.63, 3.8) is 0 Å². The van der Waals surface area contributed by atoms with Crippen molar-refractivity contribution in [1.82, 2.24) is 0 Å². The maximum atomic E-state index is 2.51. The number of anilines is 3. The van der Waals surface area contributed by atoms with Gasteiger partial charge in [-0.1, -0.05) is 179 Å². The zero-order valence-electron chi connectivity index (χ0n) is 39.9. The van der Waals surface area contributed by atoms with E-state index in [1.54, 1.807) is 5.57 Å². The van der Waals surface area contributed by atoms with Crippen LogP contribution in [0.15, 0.2) is 212 Å². The van der Waals surface area contributed by atoms with Gasteiger partial charge in [0.1, 0.15) is 0 Å². The monoisotopic (exact) mass is 905 g/mol. The van der Waals surface area contributed by atoms with Crippen LogP contribution in [0.4, 0.5) is 17.1 Å². The molecule has 9 aromatic carbocycles. The average Bonchev–Trinajstić information content (AvgIpc) is 4.06. The van der Waals surface area contributed by atoms with Crippen molar-refractivity contribution in [3.8, 4) is 33.4 Å². The standard InChI is InChI=1S/C63H43NS.2C2H6/c1-2-13-40(14-3-1)44-18-12-19-47(35-44)64(48-29-25-41-15-4-5-17-43(41)36-48)49-30-34-61-56(39-49)55-38-46(28-33-60(55)65-61)45-27-32-59-54(37-45)53-31-26-42-16-6-7-20-50(42)62(53)63(59)57-23-10-8-21-51(57)52-22-9-11-24-58(52)63;2*1-2/h1-4,6-10,12-16,18-23,25-39H,5,11,17,24H2;2*1-2H3. The number of hydrogen-bond acceptors (Lipinski definition) is 2. The molecule has 14 rings (SSSR count). The van der Waals surface area contributed by atoms with Gasteiger partial charge in [0.2, 0.25) is 0 Å². The molecule has 10 aromatic rings. The number of nitrogens with zero attached hydrogens (tertiary/aromatic N) is 1. The summed E-state index contributed by atoms with van der Waals surface area (Å²) in [4.78, 5) is 2.46. The Labute approximate surface area is 411 Å². The molecule has 0 saturated carbocycles. The molecule has 1 heterocycles. The van der Waals surface area contributed by atoms with E-state index >= 15 is 0 Å². The van der Waals surface area contributed by atoms with Gasteiger partial charge in [-0.2, -0.15) is 0 Å². The molecule has 0 fully saturated rings. The fourth-order valence-corrected chi connectivity index (χ4v) is 13.0. The summed E-state index contributed by atoms with van der Waals surface area (Å²) in [6, 6.07) is 71.4. The van der Waals surface area contributed by atoms with E-state index in [1.807, 2.05) is 39.0 Å². The van der Waals surface area contributed by atoms with Gasteiger partial charge < -0.3 is 4.90 Å². The molecule has 69 heavy (non-hydrogen) atoms. The first-order valence-electron chi connectivity index (χ1n) is 25.1. The van der Waals surface area contributed by atoms with Crippen molar-refractivity contribution in [2.45, 2.75) is 58.8 Å². The third-order valence-corrected chi connectivity index (χ3v) is 15.9. The van der Waals surface area contributed by atoms with Crippen molar-refractivity contribution in [2.24, 2.45) is 0 Å². The van der Waals surface area contributed by atoms with Gasteiger partial charge in [0.25, 0.3) is 0 Å². The molecule has 1 nitrogen and oxygen atoms in total. The molecule has 1 atom stereocenters. The summed E-state index contributed by atoms with van der Waals surface area (Å²) in [7, 11) is 0. The van der Waals surface area contributed by atoms with Crippen molar-refractivity contribution >= 4 is 71.0 Å². The van der Waals surface area contributed by atoms with E-state index in [-0.39, 0.29) is 5.41 Å². The lowest BCUT2D eigenvalue weighted by molar-refractivity contribution is 0.719. The molecule has 1 unspecified atom stereocenters. The maximum Gasteiger partial charge on any atom is 0.0694 e. The SMILES string of the molecule is C1=CC2=C(CC1)C1(c3ccccc32)c2ccc(-c3ccc4sc5ccc(N(c6cccc(-c7ccccc7)c6)c6ccc7c(c6)CCC=C7)cc5c4c3)cc2-c2ccc3ccccc3c21.CC.CC. The molecule has 334 valence electrons. The Morgan fingerprint density at radius 1 is 0.435 bits per heavy atom. The van der Waals surface area contributed by atoms with Crippen molar-refractivity contribution in [1.29, 1.82) is 0 Å². The Kier molecular flexibility index (Phi) is 10.9. The van der Waals surface area contributed by atoms with Crippen LogP contribution in [0, 0.1) is 0 Å². The maximum absolute atomic E-state index is 2.51. The second-order valence-electron chi connectivity index (χ2n) is 18.2. The fourth-order valence-electron chi connectivity index (χ4n) is 12.0. The molecule has 0 amide bonds. The molecule has 0 saturated heterocycles. The quantitative estimate of drug-likeness (QED) is 0.166. The molecule has 0 aliphatic heterocycles. The van der Waals surface area contributed by atoms with E-state index in [4.69, 9.17) is 0 Å². The predicted molar refractivity (Wildman–Crippen MR) is 299 cm³/mol. The molecule has 4 aliphatic rings. The van der Waals surface area contributed by atoms with Crippen molar-refractivity contribution < 1.29 is 0 Å². The number of thiophene rings is 1. The number of aryl methyl sites for hydroxylation is 1. The predicted octanol–water partition coefficient (Wildman–Crippen LogP) is 19.5. The first-order chi connectivity index (χ1) is 34.2. The molecule has 2 heteroatoms. The Morgan fingerprint density at radius 2 is 1.10 bits per heavy atom. The van der Waals surface area contributed by atoms with Crippen LogP contribution in [-0.2, 0) is 11.8 Å². The zero-order chi connectivity index (χ0) is 46.6. The molecule has 1 aromatic heterocycles. The second kappa shape index (κ2) is 17.5. The van der Waals surface area contributed by atoms with Crippen LogP contribution in [0.1, 0.15) is 80.3 Å². The second-order valence-corrected chi connectivity index (χ2v) is 19.3. The minimum Gasteiger partial charge on any atom is -0.310 e. The van der Waals surface area contributed by atoms with Gasteiger partial charge in [0.05, 0.1) is 5.41 Å². The summed E-state index contributed by atoms with van der Waals surface area (Å²) in [5, 5.41) is 5.25. The van der Waals surface area contributed by atoms with Crippen molar-refractivity contribution in [2.75, 3.05) is 4.90 Å².